The summed E-state index contributed by atoms with van der Waals surface area (Å²) in [5.74, 6) is 0.790. The maximum atomic E-state index is 2.68. The zero-order chi connectivity index (χ0) is 39.0. The lowest BCUT2D eigenvalue weighted by Crippen LogP contribution is -2.47. The van der Waals surface area contributed by atoms with Gasteiger partial charge in [0.1, 0.15) is 0 Å². The molecule has 0 N–H and O–H groups in total. The standard InChI is InChI=1S/C56H49NS/c1-55(2)47-27-10-7-22-45(47)53-42(25-15-28-48(53)55)38-32-34-40(35-33-38)57(56(3)36-16-31-51-54(56)46-23-9-12-30-50(46)58-51)49-29-11-8-21-43(49)44-26-14-20-39-19-13-24-41(52(39)44)37-17-5-4-6-18-37/h7-16,19-37,54H,4-6,17-18H2,1-3H3. The number of anilines is 2. The highest BCUT2D eigenvalue weighted by Gasteiger charge is 2.47. The molecule has 1 heterocycles. The Bertz CT molecular complexity index is 2790. The molecule has 2 heteroatoms. The van der Waals surface area contributed by atoms with Crippen LogP contribution in [0.3, 0.4) is 0 Å². The van der Waals surface area contributed by atoms with Crippen molar-refractivity contribution in [2.45, 2.75) is 80.6 Å². The molecule has 1 fully saturated rings. The Kier molecular flexibility index (Phi) is 8.45. The summed E-state index contributed by atoms with van der Waals surface area (Å²) in [5.41, 5.74) is 15.6. The number of fused-ring (bicyclic) bond motifs is 7. The molecule has 0 amide bonds. The Balaban J connectivity index is 1.11. The van der Waals surface area contributed by atoms with Crippen LogP contribution in [0.25, 0.3) is 44.2 Å². The number of allylic oxidation sites excluding steroid dienone is 2. The summed E-state index contributed by atoms with van der Waals surface area (Å²) in [5, 5.41) is 2.76. The van der Waals surface area contributed by atoms with Crippen LogP contribution in [0.5, 0.6) is 0 Å². The Labute approximate surface area is 348 Å². The molecule has 0 bridgehead atoms. The van der Waals surface area contributed by atoms with E-state index in [1.54, 1.807) is 0 Å². The molecule has 2 unspecified atom stereocenters. The van der Waals surface area contributed by atoms with Gasteiger partial charge in [0, 0.05) is 33.2 Å². The maximum Gasteiger partial charge on any atom is 0.0723 e. The second-order valence-corrected chi connectivity index (χ2v) is 18.7. The number of nitrogens with zero attached hydrogens (tertiary/aromatic N) is 1. The number of hydrogen-bond donors (Lipinski definition) is 0. The highest BCUT2D eigenvalue weighted by Crippen LogP contribution is 2.59. The molecular weight excluding hydrogens is 719 g/mol. The van der Waals surface area contributed by atoms with E-state index in [9.17, 15) is 0 Å². The molecule has 1 saturated carbocycles. The topological polar surface area (TPSA) is 3.24 Å². The van der Waals surface area contributed by atoms with Crippen LogP contribution in [0.1, 0.15) is 87.0 Å². The Hall–Kier alpha value is -5.57. The first-order chi connectivity index (χ1) is 28.4. The summed E-state index contributed by atoms with van der Waals surface area (Å²) in [6.07, 6.45) is 13.7. The van der Waals surface area contributed by atoms with Crippen molar-refractivity contribution in [2.24, 2.45) is 0 Å². The number of rotatable bonds is 6. The molecular formula is C56H49NS. The van der Waals surface area contributed by atoms with E-state index < -0.39 is 5.54 Å². The van der Waals surface area contributed by atoms with Crippen LogP contribution >= 0.6 is 11.8 Å². The molecule has 284 valence electrons. The Morgan fingerprint density at radius 3 is 2.07 bits per heavy atom. The van der Waals surface area contributed by atoms with E-state index in [0.717, 1.165) is 0 Å². The van der Waals surface area contributed by atoms with Gasteiger partial charge >= 0.3 is 0 Å². The fourth-order valence-corrected chi connectivity index (χ4v) is 12.6. The molecule has 11 rings (SSSR count). The van der Waals surface area contributed by atoms with Crippen LogP contribution in [0.2, 0.25) is 0 Å². The zero-order valence-electron chi connectivity index (χ0n) is 33.7. The average Bonchev–Trinajstić information content (AvgIpc) is 3.77. The van der Waals surface area contributed by atoms with E-state index in [2.05, 4.69) is 196 Å². The average molecular weight is 768 g/mol. The number of thioether (sulfide) groups is 1. The number of hydrogen-bond acceptors (Lipinski definition) is 2. The van der Waals surface area contributed by atoms with Gasteiger partial charge < -0.3 is 4.90 Å². The van der Waals surface area contributed by atoms with E-state index in [0.29, 0.717) is 5.92 Å². The van der Waals surface area contributed by atoms with Crippen molar-refractivity contribution >= 4 is 33.9 Å². The maximum absolute atomic E-state index is 2.68. The minimum absolute atomic E-state index is 0.0381. The summed E-state index contributed by atoms with van der Waals surface area (Å²) in [6.45, 7) is 7.21. The molecule has 2 atom stereocenters. The van der Waals surface area contributed by atoms with Crippen LogP contribution in [0, 0.1) is 0 Å². The van der Waals surface area contributed by atoms with E-state index in [-0.39, 0.29) is 11.3 Å². The van der Waals surface area contributed by atoms with Crippen LogP contribution in [0.15, 0.2) is 180 Å². The predicted octanol–water partition coefficient (Wildman–Crippen LogP) is 15.8. The third-order valence-electron chi connectivity index (χ3n) is 14.0. The highest BCUT2D eigenvalue weighted by molar-refractivity contribution is 8.03. The molecule has 58 heavy (non-hydrogen) atoms. The quantitative estimate of drug-likeness (QED) is 0.166. The molecule has 1 nitrogen and oxygen atoms in total. The van der Waals surface area contributed by atoms with Gasteiger partial charge in [0.05, 0.1) is 5.54 Å². The summed E-state index contributed by atoms with van der Waals surface area (Å²) >= 11 is 1.94. The lowest BCUT2D eigenvalue weighted by Gasteiger charge is -2.47. The van der Waals surface area contributed by atoms with Crippen molar-refractivity contribution in [3.05, 3.63) is 197 Å². The predicted molar refractivity (Wildman–Crippen MR) is 247 cm³/mol. The van der Waals surface area contributed by atoms with Gasteiger partial charge in [-0.2, -0.15) is 0 Å². The second kappa shape index (κ2) is 13.8. The minimum atomic E-state index is -0.394. The van der Waals surface area contributed by atoms with Crippen molar-refractivity contribution in [1.82, 2.24) is 0 Å². The molecule has 3 aliphatic carbocycles. The van der Waals surface area contributed by atoms with Crippen molar-refractivity contribution in [2.75, 3.05) is 4.90 Å². The summed E-state index contributed by atoms with van der Waals surface area (Å²) in [6, 6.07) is 57.7. The van der Waals surface area contributed by atoms with Gasteiger partial charge in [-0.3, -0.25) is 0 Å². The lowest BCUT2D eigenvalue weighted by molar-refractivity contribution is 0.445. The van der Waals surface area contributed by atoms with Crippen molar-refractivity contribution in [1.29, 1.82) is 0 Å². The number of para-hydroxylation sites is 1. The molecule has 7 aromatic rings. The van der Waals surface area contributed by atoms with Gasteiger partial charge in [-0.1, -0.05) is 190 Å². The van der Waals surface area contributed by atoms with Gasteiger partial charge in [-0.25, -0.2) is 0 Å². The minimum Gasteiger partial charge on any atom is -0.331 e. The molecule has 0 spiro atoms. The fourth-order valence-electron chi connectivity index (χ4n) is 11.2. The van der Waals surface area contributed by atoms with Gasteiger partial charge in [-0.05, 0) is 116 Å². The van der Waals surface area contributed by atoms with Crippen LogP contribution in [-0.2, 0) is 5.41 Å². The van der Waals surface area contributed by atoms with E-state index in [1.165, 1.54) is 120 Å². The van der Waals surface area contributed by atoms with Gasteiger partial charge in [0.2, 0.25) is 0 Å². The van der Waals surface area contributed by atoms with Crippen LogP contribution in [-0.4, -0.2) is 5.54 Å². The Morgan fingerprint density at radius 1 is 0.569 bits per heavy atom. The fraction of sp³-hybridized carbons (Fsp3) is 0.214. The molecule has 4 aliphatic rings. The van der Waals surface area contributed by atoms with Gasteiger partial charge in [0.25, 0.3) is 0 Å². The van der Waals surface area contributed by atoms with Gasteiger partial charge in [0.15, 0.2) is 0 Å². The SMILES string of the molecule is CC1(C)c2ccccc2-c2c(-c3ccc(N(c4ccccc4-c4cccc5cccc(C6CCCCC6)c45)C4(C)C=CC=C5Sc6ccccc6C54)cc3)cccc21. The first-order valence-electron chi connectivity index (χ1n) is 21.3. The van der Waals surface area contributed by atoms with Crippen molar-refractivity contribution < 1.29 is 0 Å². The largest absolute Gasteiger partial charge is 0.331 e. The molecule has 0 aromatic heterocycles. The molecule has 0 radical (unpaired) electrons. The number of benzene rings is 7. The third kappa shape index (κ3) is 5.45. The lowest BCUT2D eigenvalue weighted by atomic mass is 9.75. The zero-order valence-corrected chi connectivity index (χ0v) is 34.5. The smallest absolute Gasteiger partial charge is 0.0723 e. The summed E-state index contributed by atoms with van der Waals surface area (Å²) in [7, 11) is 0. The normalized spacial score (nSPS) is 20.3. The van der Waals surface area contributed by atoms with Crippen molar-refractivity contribution in [3.8, 4) is 33.4 Å². The monoisotopic (exact) mass is 767 g/mol. The van der Waals surface area contributed by atoms with E-state index in [1.807, 2.05) is 11.8 Å². The Morgan fingerprint density at radius 2 is 1.22 bits per heavy atom. The van der Waals surface area contributed by atoms with Crippen molar-refractivity contribution in [3.63, 3.8) is 0 Å². The summed E-state index contributed by atoms with van der Waals surface area (Å²) < 4.78 is 0. The first-order valence-corrected chi connectivity index (χ1v) is 22.1. The third-order valence-corrected chi connectivity index (χ3v) is 15.2. The van der Waals surface area contributed by atoms with Crippen LogP contribution in [0.4, 0.5) is 11.4 Å². The van der Waals surface area contributed by atoms with E-state index >= 15 is 0 Å². The van der Waals surface area contributed by atoms with Crippen LogP contribution < -0.4 is 4.90 Å². The summed E-state index contributed by atoms with van der Waals surface area (Å²) in [4.78, 5) is 5.46. The second-order valence-electron chi connectivity index (χ2n) is 17.6. The molecule has 7 aromatic carbocycles. The molecule has 1 aliphatic heterocycles. The molecule has 0 saturated heterocycles. The highest BCUT2D eigenvalue weighted by atomic mass is 32.2. The van der Waals surface area contributed by atoms with Gasteiger partial charge in [-0.15, -0.1) is 0 Å². The first kappa shape index (κ1) is 35.6. The van der Waals surface area contributed by atoms with E-state index in [4.69, 9.17) is 0 Å².